The van der Waals surface area contributed by atoms with E-state index in [-0.39, 0.29) is 19.0 Å². The summed E-state index contributed by atoms with van der Waals surface area (Å²) in [6, 6.07) is 1.81. The van der Waals surface area contributed by atoms with E-state index in [2.05, 4.69) is 0 Å². The minimum atomic E-state index is -1.36. The number of pyridine rings is 1. The lowest BCUT2D eigenvalue weighted by atomic mass is 9.85. The summed E-state index contributed by atoms with van der Waals surface area (Å²) in [4.78, 5) is 25.6. The van der Waals surface area contributed by atoms with Crippen LogP contribution in [-0.2, 0) is 53.0 Å². The number of cyclic esters (lactones) is 1. The molecule has 0 aromatic carbocycles. The van der Waals surface area contributed by atoms with Crippen LogP contribution in [0.5, 0.6) is 0 Å². The molecule has 8 nitrogen and oxygen atoms in total. The van der Waals surface area contributed by atoms with Crippen LogP contribution < -0.4 is 5.56 Å². The maximum Gasteiger partial charge on any atom is 0.343 e. The molecule has 1 saturated heterocycles. The van der Waals surface area contributed by atoms with Gasteiger partial charge in [0.05, 0.1) is 24.5 Å². The Bertz CT molecular complexity index is 765. The molecule has 8 heteroatoms. The van der Waals surface area contributed by atoms with Crippen LogP contribution in [0, 0.1) is 0 Å². The molecule has 1 spiro atoms. The van der Waals surface area contributed by atoms with Gasteiger partial charge in [0.15, 0.2) is 5.60 Å². The van der Waals surface area contributed by atoms with Gasteiger partial charge in [-0.15, -0.1) is 0 Å². The summed E-state index contributed by atoms with van der Waals surface area (Å²) >= 11 is 0. The molecule has 3 aliphatic heterocycles. The molecule has 0 aliphatic carbocycles. The molecule has 1 atom stereocenters. The van der Waals surface area contributed by atoms with Crippen molar-refractivity contribution in [2.45, 2.75) is 44.3 Å². The van der Waals surface area contributed by atoms with Gasteiger partial charge in [-0.3, -0.25) is 4.79 Å². The Morgan fingerprint density at radius 3 is 2.72 bits per heavy atom. The summed E-state index contributed by atoms with van der Waals surface area (Å²) in [5.74, 6) is -1.42. The van der Waals surface area contributed by atoms with E-state index in [9.17, 15) is 9.59 Å². The highest BCUT2D eigenvalue weighted by atomic mass is 16.7. The first-order chi connectivity index (χ1) is 12.1. The van der Waals surface area contributed by atoms with Crippen LogP contribution in [0.3, 0.4) is 0 Å². The second-order valence-electron chi connectivity index (χ2n) is 6.39. The van der Waals surface area contributed by atoms with Gasteiger partial charge in [0, 0.05) is 25.6 Å². The predicted molar refractivity (Wildman–Crippen MR) is 83.6 cm³/mol. The molecule has 0 radical (unpaired) electrons. The normalized spacial score (nSPS) is 26.6. The number of rotatable bonds is 4. The van der Waals surface area contributed by atoms with E-state index in [0.29, 0.717) is 49.4 Å². The van der Waals surface area contributed by atoms with E-state index in [1.54, 1.807) is 4.57 Å². The Labute approximate surface area is 144 Å². The molecular formula is C17H21NO7. The number of esters is 1. The molecule has 1 aromatic heterocycles. The minimum Gasteiger partial charge on any atom is -0.458 e. The van der Waals surface area contributed by atoms with E-state index in [4.69, 9.17) is 23.7 Å². The van der Waals surface area contributed by atoms with Crippen molar-refractivity contribution in [2.75, 3.05) is 27.1 Å². The highest BCUT2D eigenvalue weighted by Crippen LogP contribution is 2.43. The summed E-state index contributed by atoms with van der Waals surface area (Å²) in [5, 5.41) is 0. The van der Waals surface area contributed by atoms with Gasteiger partial charge in [-0.05, 0) is 12.5 Å². The number of ether oxygens (including phenoxy) is 5. The molecule has 0 amide bonds. The maximum absolute atomic E-state index is 13.0. The third-order valence-electron chi connectivity index (χ3n) is 5.24. The van der Waals surface area contributed by atoms with Gasteiger partial charge in [0.1, 0.15) is 13.4 Å². The number of hydrogen-bond donors (Lipinski definition) is 0. The lowest BCUT2D eigenvalue weighted by Crippen LogP contribution is -2.47. The van der Waals surface area contributed by atoms with Gasteiger partial charge in [-0.2, -0.15) is 0 Å². The number of aromatic nitrogens is 1. The van der Waals surface area contributed by atoms with Gasteiger partial charge in [-0.1, -0.05) is 6.92 Å². The Hall–Kier alpha value is -1.74. The first-order valence-electron chi connectivity index (χ1n) is 8.43. The summed E-state index contributed by atoms with van der Waals surface area (Å²) in [5.41, 5.74) is 0.0640. The molecule has 3 aliphatic rings. The average Bonchev–Trinajstić information content (AvgIpc) is 3.24. The fraction of sp³-hybridized carbons (Fsp3) is 0.647. The van der Waals surface area contributed by atoms with Crippen LogP contribution in [0.15, 0.2) is 10.9 Å². The first kappa shape index (κ1) is 16.7. The number of carbonyl (C=O) groups is 1. The molecule has 136 valence electrons. The molecule has 0 N–H and O–H groups in total. The quantitative estimate of drug-likeness (QED) is 0.584. The maximum atomic E-state index is 13.0. The monoisotopic (exact) mass is 351 g/mol. The highest BCUT2D eigenvalue weighted by molar-refractivity contribution is 5.83. The van der Waals surface area contributed by atoms with Crippen LogP contribution in [0.1, 0.15) is 36.6 Å². The van der Waals surface area contributed by atoms with Crippen molar-refractivity contribution >= 4 is 5.97 Å². The summed E-state index contributed by atoms with van der Waals surface area (Å²) < 4.78 is 29.3. The Morgan fingerprint density at radius 1 is 1.28 bits per heavy atom. The van der Waals surface area contributed by atoms with Crippen molar-refractivity contribution < 1.29 is 28.5 Å². The number of hydrogen-bond acceptors (Lipinski definition) is 7. The van der Waals surface area contributed by atoms with Gasteiger partial charge >= 0.3 is 5.97 Å². The van der Waals surface area contributed by atoms with Crippen LogP contribution in [0.25, 0.3) is 0 Å². The van der Waals surface area contributed by atoms with Crippen molar-refractivity contribution in [1.29, 1.82) is 0 Å². The summed E-state index contributed by atoms with van der Waals surface area (Å²) in [6.45, 7) is 3.14. The third kappa shape index (κ3) is 2.21. The van der Waals surface area contributed by atoms with Crippen LogP contribution in [-0.4, -0.2) is 37.7 Å². The topological polar surface area (TPSA) is 85.2 Å². The summed E-state index contributed by atoms with van der Waals surface area (Å²) in [7, 11) is 1.48. The van der Waals surface area contributed by atoms with Gasteiger partial charge in [-0.25, -0.2) is 4.79 Å². The number of carbonyl (C=O) groups excluding carboxylic acids is 1. The van der Waals surface area contributed by atoms with Crippen molar-refractivity contribution in [3.8, 4) is 0 Å². The zero-order valence-electron chi connectivity index (χ0n) is 14.3. The number of nitrogens with zero attached hydrogens (tertiary/aromatic N) is 1. The zero-order chi connectivity index (χ0) is 17.7. The lowest BCUT2D eigenvalue weighted by molar-refractivity contribution is -0.197. The Morgan fingerprint density at radius 2 is 2.04 bits per heavy atom. The second-order valence-corrected chi connectivity index (χ2v) is 6.39. The number of methoxy groups -OCH3 is 1. The minimum absolute atomic E-state index is 0.0555. The largest absolute Gasteiger partial charge is 0.458 e. The molecule has 0 bridgehead atoms. The number of fused-ring (bicyclic) bond motifs is 3. The molecular weight excluding hydrogens is 330 g/mol. The second kappa shape index (κ2) is 5.91. The predicted octanol–water partition coefficient (Wildman–Crippen LogP) is 0.734. The summed E-state index contributed by atoms with van der Waals surface area (Å²) in [6.07, 6.45) is 0.887. The molecule has 4 heterocycles. The fourth-order valence-electron chi connectivity index (χ4n) is 3.96. The van der Waals surface area contributed by atoms with Gasteiger partial charge in [0.25, 0.3) is 5.56 Å². The molecule has 1 aromatic rings. The molecule has 0 unspecified atom stereocenters. The standard InChI is InChI=1S/C17H21NO7/c1-3-16(25-10-21-2)12-8-13-17(23-6-7-24-17)4-5-18(13)14(19)11(12)9-22-15(16)20/h8H,3-7,9-10H2,1-2H3/t16-/m0/s1. The Kier molecular flexibility index (Phi) is 3.95. The molecule has 25 heavy (non-hydrogen) atoms. The third-order valence-corrected chi connectivity index (χ3v) is 5.24. The average molecular weight is 351 g/mol. The SMILES string of the molecule is CC[C@@]1(OCOC)C(=O)OCc2c1cc1n(c2=O)CCC12OCCO2. The Balaban J connectivity index is 1.92. The van der Waals surface area contributed by atoms with E-state index < -0.39 is 17.4 Å². The molecule has 1 fully saturated rings. The smallest absolute Gasteiger partial charge is 0.343 e. The highest BCUT2D eigenvalue weighted by Gasteiger charge is 2.51. The molecule has 4 rings (SSSR count). The van der Waals surface area contributed by atoms with Crippen LogP contribution in [0.4, 0.5) is 0 Å². The van der Waals surface area contributed by atoms with E-state index in [1.165, 1.54) is 7.11 Å². The van der Waals surface area contributed by atoms with Gasteiger partial charge in [0.2, 0.25) is 5.79 Å². The van der Waals surface area contributed by atoms with E-state index in [0.717, 1.165) is 0 Å². The van der Waals surface area contributed by atoms with Crippen molar-refractivity contribution in [3.63, 3.8) is 0 Å². The van der Waals surface area contributed by atoms with E-state index in [1.807, 2.05) is 13.0 Å². The lowest BCUT2D eigenvalue weighted by Gasteiger charge is -2.36. The van der Waals surface area contributed by atoms with Crippen molar-refractivity contribution in [1.82, 2.24) is 4.57 Å². The molecule has 0 saturated carbocycles. The van der Waals surface area contributed by atoms with E-state index >= 15 is 0 Å². The first-order valence-corrected chi connectivity index (χ1v) is 8.43. The van der Waals surface area contributed by atoms with Crippen molar-refractivity contribution in [2.24, 2.45) is 0 Å². The zero-order valence-corrected chi connectivity index (χ0v) is 14.3. The van der Waals surface area contributed by atoms with Crippen molar-refractivity contribution in [3.05, 3.63) is 33.2 Å². The van der Waals surface area contributed by atoms with Crippen LogP contribution in [0.2, 0.25) is 0 Å². The van der Waals surface area contributed by atoms with Crippen LogP contribution >= 0.6 is 0 Å². The van der Waals surface area contributed by atoms with Gasteiger partial charge < -0.3 is 28.3 Å². The fourth-order valence-corrected chi connectivity index (χ4v) is 3.96.